The molecule has 244 valence electrons. The van der Waals surface area contributed by atoms with Crippen LogP contribution in [0.3, 0.4) is 0 Å². The summed E-state index contributed by atoms with van der Waals surface area (Å²) < 4.78 is 23.3. The van der Waals surface area contributed by atoms with Crippen molar-refractivity contribution in [1.82, 2.24) is 9.55 Å². The number of nitrogens with two attached hydrogens (primary N) is 1. The largest absolute Gasteiger partial charge is 0.466 e. The summed E-state index contributed by atoms with van der Waals surface area (Å²) in [7, 11) is 0. The number of ether oxygens (including phenoxy) is 4. The molecule has 0 aromatic carbocycles. The van der Waals surface area contributed by atoms with E-state index < -0.39 is 0 Å². The van der Waals surface area contributed by atoms with Crippen molar-refractivity contribution in [3.8, 4) is 0 Å². The summed E-state index contributed by atoms with van der Waals surface area (Å²) in [6, 6.07) is 7.58. The molecule has 0 saturated heterocycles. The minimum absolute atomic E-state index is 0.0339. The molecule has 1 unspecified atom stereocenters. The molecule has 1 atom stereocenters. The molecule has 44 heavy (non-hydrogen) atoms. The molecule has 0 radical (unpaired) electrons. The van der Waals surface area contributed by atoms with Gasteiger partial charge in [0.25, 0.3) is 5.56 Å². The predicted octanol–water partition coefficient (Wildman–Crippen LogP) is 3.39. The van der Waals surface area contributed by atoms with Crippen LogP contribution in [0.25, 0.3) is 0 Å². The summed E-state index contributed by atoms with van der Waals surface area (Å²) in [6.07, 6.45) is 10.7. The van der Waals surface area contributed by atoms with Gasteiger partial charge in [-0.05, 0) is 62.1 Å². The zero-order chi connectivity index (χ0) is 31.4. The Bertz CT molecular complexity index is 1190. The van der Waals surface area contributed by atoms with Crippen LogP contribution in [-0.4, -0.2) is 81.3 Å². The van der Waals surface area contributed by atoms with E-state index in [9.17, 15) is 14.4 Å². The van der Waals surface area contributed by atoms with Crippen molar-refractivity contribution in [2.75, 3.05) is 64.2 Å². The first-order valence-corrected chi connectivity index (χ1v) is 16.1. The molecule has 0 bridgehead atoms. The summed E-state index contributed by atoms with van der Waals surface area (Å²) in [5.41, 5.74) is 8.39. The highest BCUT2D eigenvalue weighted by atomic mass is 16.5. The summed E-state index contributed by atoms with van der Waals surface area (Å²) in [5, 5.41) is 0. The highest BCUT2D eigenvalue weighted by Crippen LogP contribution is 2.27. The lowest BCUT2D eigenvalue weighted by Crippen LogP contribution is -2.29. The number of anilines is 1. The van der Waals surface area contributed by atoms with Crippen LogP contribution in [0, 0.1) is 0 Å². The quantitative estimate of drug-likeness (QED) is 0.114. The second kappa shape index (κ2) is 20.8. The molecular weight excluding hydrogens is 564 g/mol. The lowest BCUT2D eigenvalue weighted by Gasteiger charge is -2.25. The van der Waals surface area contributed by atoms with Crippen LogP contribution >= 0.6 is 0 Å². The fourth-order valence-electron chi connectivity index (χ4n) is 5.36. The van der Waals surface area contributed by atoms with Crippen LogP contribution in [0.15, 0.2) is 35.3 Å². The van der Waals surface area contributed by atoms with Crippen LogP contribution in [0.2, 0.25) is 0 Å². The van der Waals surface area contributed by atoms with Crippen LogP contribution in [-0.2, 0) is 47.9 Å². The van der Waals surface area contributed by atoms with Crippen molar-refractivity contribution >= 4 is 18.2 Å². The first-order valence-electron chi connectivity index (χ1n) is 16.1. The molecule has 1 aliphatic rings. The Labute approximate surface area is 261 Å². The molecular formula is C33H50N4O7. The van der Waals surface area contributed by atoms with Crippen LogP contribution in [0.4, 0.5) is 5.82 Å². The lowest BCUT2D eigenvalue weighted by atomic mass is 9.91. The summed E-state index contributed by atoms with van der Waals surface area (Å²) in [4.78, 5) is 42.8. The van der Waals surface area contributed by atoms with Gasteiger partial charge in [0, 0.05) is 37.6 Å². The van der Waals surface area contributed by atoms with Gasteiger partial charge >= 0.3 is 5.97 Å². The van der Waals surface area contributed by atoms with Crippen LogP contribution < -0.4 is 16.2 Å². The van der Waals surface area contributed by atoms with Crippen molar-refractivity contribution in [1.29, 1.82) is 0 Å². The predicted molar refractivity (Wildman–Crippen MR) is 169 cm³/mol. The zero-order valence-electron chi connectivity index (χ0n) is 26.3. The first-order chi connectivity index (χ1) is 21.5. The number of carbonyl (C=O) groups excluding carboxylic acids is 2. The first kappa shape index (κ1) is 35.4. The molecule has 1 aliphatic heterocycles. The van der Waals surface area contributed by atoms with Crippen molar-refractivity contribution in [3.63, 3.8) is 0 Å². The van der Waals surface area contributed by atoms with E-state index in [1.54, 1.807) is 15.5 Å². The fraction of sp³-hybridized carbons (Fsp3) is 0.636. The van der Waals surface area contributed by atoms with Gasteiger partial charge in [-0.1, -0.05) is 31.4 Å². The van der Waals surface area contributed by atoms with E-state index in [1.165, 1.54) is 0 Å². The summed E-state index contributed by atoms with van der Waals surface area (Å²) in [6.45, 7) is 6.55. The van der Waals surface area contributed by atoms with Crippen molar-refractivity contribution in [3.05, 3.63) is 57.6 Å². The van der Waals surface area contributed by atoms with Gasteiger partial charge in [-0.3, -0.25) is 19.3 Å². The van der Waals surface area contributed by atoms with Gasteiger partial charge in [0.2, 0.25) is 6.41 Å². The molecule has 0 aliphatic carbocycles. The Kier molecular flexibility index (Phi) is 16.7. The number of rotatable bonds is 23. The zero-order valence-corrected chi connectivity index (χ0v) is 26.3. The third-order valence-electron chi connectivity index (χ3n) is 7.67. The average Bonchev–Trinajstić information content (AvgIpc) is 3.03. The number of unbranched alkanes of at least 4 members (excludes halogenated alkanes) is 3. The van der Waals surface area contributed by atoms with E-state index in [0.29, 0.717) is 59.3 Å². The molecule has 11 nitrogen and oxygen atoms in total. The summed E-state index contributed by atoms with van der Waals surface area (Å²) in [5.74, 6) is 0.552. The van der Waals surface area contributed by atoms with Crippen molar-refractivity contribution < 1.29 is 28.5 Å². The molecule has 2 N–H and O–H groups in total. The number of pyridine rings is 2. The standard InChI is InChI=1S/C33H50N4O7/c1-2-44-32(40)24-28(8-5-3-4-6-10-30-13-11-27-9-7-16-37(26-38)33(27)35-30)29-12-14-31(39)36(25-29)17-19-42-21-23-43-22-20-41-18-15-34/h11-14,25-26,28H,2-10,15-24,34H2,1H3. The van der Waals surface area contributed by atoms with E-state index in [4.69, 9.17) is 29.7 Å². The molecule has 3 heterocycles. The van der Waals surface area contributed by atoms with E-state index in [2.05, 4.69) is 12.1 Å². The SMILES string of the molecule is CCOC(=O)CC(CCCCCCc1ccc2c(n1)N(C=O)CCC2)c1ccc(=O)n(CCOCCOCCOCCN)c1. The average molecular weight is 615 g/mol. The van der Waals surface area contributed by atoms with Crippen molar-refractivity contribution in [2.45, 2.75) is 77.2 Å². The Morgan fingerprint density at radius 2 is 1.75 bits per heavy atom. The Balaban J connectivity index is 1.44. The molecule has 0 saturated carbocycles. The molecule has 2 aromatic heterocycles. The van der Waals surface area contributed by atoms with Gasteiger partial charge in [0.1, 0.15) is 5.82 Å². The number of nitrogens with zero attached hydrogens (tertiary/aromatic N) is 3. The van der Waals surface area contributed by atoms with Gasteiger partial charge in [0.15, 0.2) is 0 Å². The van der Waals surface area contributed by atoms with E-state index in [1.807, 2.05) is 19.2 Å². The second-order valence-corrected chi connectivity index (χ2v) is 11.0. The maximum absolute atomic E-state index is 12.5. The molecule has 1 amide bonds. The number of amides is 1. The van der Waals surface area contributed by atoms with E-state index in [0.717, 1.165) is 87.0 Å². The van der Waals surface area contributed by atoms with Crippen LogP contribution in [0.5, 0.6) is 0 Å². The van der Waals surface area contributed by atoms with Gasteiger partial charge in [-0.2, -0.15) is 0 Å². The monoisotopic (exact) mass is 614 g/mol. The minimum Gasteiger partial charge on any atom is -0.466 e. The molecule has 11 heteroatoms. The number of hydrogen-bond acceptors (Lipinski definition) is 9. The summed E-state index contributed by atoms with van der Waals surface area (Å²) >= 11 is 0. The second-order valence-electron chi connectivity index (χ2n) is 11.0. The molecule has 0 fully saturated rings. The molecule has 2 aromatic rings. The van der Waals surface area contributed by atoms with Gasteiger partial charge in [-0.15, -0.1) is 0 Å². The Morgan fingerprint density at radius 1 is 1.00 bits per heavy atom. The number of fused-ring (bicyclic) bond motifs is 1. The number of hydrogen-bond donors (Lipinski definition) is 1. The molecule has 0 spiro atoms. The topological polar surface area (TPSA) is 135 Å². The third kappa shape index (κ3) is 12.5. The highest BCUT2D eigenvalue weighted by Gasteiger charge is 2.19. The maximum Gasteiger partial charge on any atom is 0.306 e. The highest BCUT2D eigenvalue weighted by molar-refractivity contribution is 5.75. The lowest BCUT2D eigenvalue weighted by molar-refractivity contribution is -0.143. The number of aromatic nitrogens is 2. The Morgan fingerprint density at radius 3 is 2.50 bits per heavy atom. The van der Waals surface area contributed by atoms with E-state index in [-0.39, 0.29) is 23.9 Å². The number of esters is 1. The third-order valence-corrected chi connectivity index (χ3v) is 7.67. The smallest absolute Gasteiger partial charge is 0.306 e. The van der Waals surface area contributed by atoms with Crippen LogP contribution in [0.1, 0.15) is 74.6 Å². The van der Waals surface area contributed by atoms with Gasteiger partial charge in [0.05, 0.1) is 52.7 Å². The van der Waals surface area contributed by atoms with E-state index >= 15 is 0 Å². The van der Waals surface area contributed by atoms with Gasteiger partial charge < -0.3 is 29.2 Å². The number of aryl methyl sites for hydroxylation is 2. The minimum atomic E-state index is -0.227. The number of carbonyl (C=O) groups is 2. The molecule has 3 rings (SSSR count). The fourth-order valence-corrected chi connectivity index (χ4v) is 5.36. The normalized spacial score (nSPS) is 13.5. The Hall–Kier alpha value is -3.12. The maximum atomic E-state index is 12.5. The van der Waals surface area contributed by atoms with Crippen molar-refractivity contribution in [2.24, 2.45) is 5.73 Å². The van der Waals surface area contributed by atoms with Gasteiger partial charge in [-0.25, -0.2) is 4.98 Å².